The summed E-state index contributed by atoms with van der Waals surface area (Å²) in [5.74, 6) is -0.225. The minimum Gasteiger partial charge on any atom is -0.402 e. The topological polar surface area (TPSA) is 102 Å². The molecule has 0 saturated heterocycles. The van der Waals surface area contributed by atoms with Crippen molar-refractivity contribution in [2.75, 3.05) is 11.6 Å². The molecule has 2 aromatic heterocycles. The van der Waals surface area contributed by atoms with Crippen LogP contribution in [0.4, 0.5) is 6.01 Å². The van der Waals surface area contributed by atoms with Crippen molar-refractivity contribution in [3.8, 4) is 10.8 Å². The minimum absolute atomic E-state index is 0.0526. The highest BCUT2D eigenvalue weighted by molar-refractivity contribution is 7.90. The highest BCUT2D eigenvalue weighted by Crippen LogP contribution is 2.24. The van der Waals surface area contributed by atoms with E-state index in [1.54, 1.807) is 0 Å². The number of amides is 1. The van der Waals surface area contributed by atoms with Crippen LogP contribution in [-0.4, -0.2) is 30.8 Å². The molecule has 0 spiro atoms. The van der Waals surface area contributed by atoms with Crippen LogP contribution in [0.15, 0.2) is 51.1 Å². The summed E-state index contributed by atoms with van der Waals surface area (Å²) in [6.07, 6.45) is 1.08. The lowest BCUT2D eigenvalue weighted by atomic mass is 10.2. The van der Waals surface area contributed by atoms with E-state index in [0.717, 1.165) is 11.1 Å². The average molecular weight is 349 g/mol. The van der Waals surface area contributed by atoms with E-state index >= 15 is 0 Å². The number of nitrogens with zero attached hydrogens (tertiary/aromatic N) is 2. The van der Waals surface area contributed by atoms with E-state index in [-0.39, 0.29) is 16.5 Å². The van der Waals surface area contributed by atoms with Crippen LogP contribution in [-0.2, 0) is 9.84 Å². The molecule has 3 rings (SSSR count). The molecule has 0 saturated carbocycles. The Morgan fingerprint density at radius 1 is 1.22 bits per heavy atom. The molecule has 9 heteroatoms. The van der Waals surface area contributed by atoms with Crippen molar-refractivity contribution in [1.29, 1.82) is 0 Å². The third-order valence-electron chi connectivity index (χ3n) is 2.90. The second-order valence-electron chi connectivity index (χ2n) is 4.64. The fourth-order valence-electron chi connectivity index (χ4n) is 1.81. The van der Waals surface area contributed by atoms with Crippen LogP contribution in [0, 0.1) is 0 Å². The van der Waals surface area contributed by atoms with Crippen LogP contribution < -0.4 is 5.32 Å². The van der Waals surface area contributed by atoms with Crippen LogP contribution in [0.25, 0.3) is 10.8 Å². The van der Waals surface area contributed by atoms with Gasteiger partial charge in [0, 0.05) is 11.8 Å². The van der Waals surface area contributed by atoms with E-state index in [1.165, 1.54) is 35.6 Å². The molecule has 3 aromatic rings. The molecule has 0 atom stereocenters. The SMILES string of the molecule is CS(=O)(=O)c1cccc(C(=O)Nc2nnc(-c3cccs3)o2)c1. The number of sulfone groups is 1. The molecule has 1 aromatic carbocycles. The number of carbonyl (C=O) groups is 1. The van der Waals surface area contributed by atoms with Gasteiger partial charge in [0.2, 0.25) is 0 Å². The van der Waals surface area contributed by atoms with Crippen LogP contribution in [0.5, 0.6) is 0 Å². The number of thiophene rings is 1. The Hall–Kier alpha value is -2.52. The molecule has 7 nitrogen and oxygen atoms in total. The molecule has 0 aliphatic carbocycles. The number of rotatable bonds is 4. The Morgan fingerprint density at radius 2 is 2.04 bits per heavy atom. The molecule has 0 aliphatic rings. The molecular weight excluding hydrogens is 338 g/mol. The lowest BCUT2D eigenvalue weighted by Gasteiger charge is -2.03. The zero-order valence-corrected chi connectivity index (χ0v) is 13.5. The second kappa shape index (κ2) is 5.94. The van der Waals surface area contributed by atoms with E-state index in [1.807, 2.05) is 17.5 Å². The van der Waals surface area contributed by atoms with Gasteiger partial charge in [-0.25, -0.2) is 8.42 Å². The van der Waals surface area contributed by atoms with Crippen LogP contribution >= 0.6 is 11.3 Å². The zero-order chi connectivity index (χ0) is 16.4. The molecule has 2 heterocycles. The summed E-state index contributed by atoms with van der Waals surface area (Å²) in [5.41, 5.74) is 0.184. The third-order valence-corrected chi connectivity index (χ3v) is 4.87. The first-order chi connectivity index (χ1) is 10.9. The summed E-state index contributed by atoms with van der Waals surface area (Å²) in [6.45, 7) is 0. The molecule has 1 amide bonds. The molecule has 0 radical (unpaired) electrons. The first kappa shape index (κ1) is 15.4. The summed E-state index contributed by atoms with van der Waals surface area (Å²) in [7, 11) is -3.39. The first-order valence-electron chi connectivity index (χ1n) is 6.42. The first-order valence-corrected chi connectivity index (χ1v) is 9.19. The van der Waals surface area contributed by atoms with Crippen LogP contribution in [0.3, 0.4) is 0 Å². The summed E-state index contributed by atoms with van der Waals surface area (Å²) in [5, 5.41) is 11.9. The van der Waals surface area contributed by atoms with Gasteiger partial charge in [-0.3, -0.25) is 10.1 Å². The minimum atomic E-state index is -3.39. The number of anilines is 1. The Morgan fingerprint density at radius 3 is 2.74 bits per heavy atom. The van der Waals surface area contributed by atoms with Crippen molar-refractivity contribution in [3.63, 3.8) is 0 Å². The third kappa shape index (κ3) is 3.46. The van der Waals surface area contributed by atoms with Crippen molar-refractivity contribution in [3.05, 3.63) is 47.3 Å². The van der Waals surface area contributed by atoms with Gasteiger partial charge < -0.3 is 4.42 Å². The van der Waals surface area contributed by atoms with Gasteiger partial charge in [-0.1, -0.05) is 17.2 Å². The van der Waals surface area contributed by atoms with Crippen molar-refractivity contribution in [2.24, 2.45) is 0 Å². The van der Waals surface area contributed by atoms with Crippen molar-refractivity contribution >= 4 is 33.1 Å². The van der Waals surface area contributed by atoms with Gasteiger partial charge >= 0.3 is 6.01 Å². The van der Waals surface area contributed by atoms with Crippen molar-refractivity contribution < 1.29 is 17.6 Å². The average Bonchev–Trinajstić information content (AvgIpc) is 3.17. The standard InChI is InChI=1S/C14H11N3O4S2/c1-23(19,20)10-5-2-4-9(8-10)12(18)15-14-17-16-13(21-14)11-6-3-7-22-11/h2-8H,1H3,(H,15,17,18). The van der Waals surface area contributed by atoms with E-state index in [9.17, 15) is 13.2 Å². The van der Waals surface area contributed by atoms with E-state index in [0.29, 0.717) is 5.89 Å². The van der Waals surface area contributed by atoms with Gasteiger partial charge in [0.25, 0.3) is 11.8 Å². The highest BCUT2D eigenvalue weighted by atomic mass is 32.2. The van der Waals surface area contributed by atoms with E-state index in [4.69, 9.17) is 4.42 Å². The van der Waals surface area contributed by atoms with E-state index < -0.39 is 15.7 Å². The van der Waals surface area contributed by atoms with Gasteiger partial charge in [0.15, 0.2) is 9.84 Å². The normalized spacial score (nSPS) is 11.3. The maximum absolute atomic E-state index is 12.2. The Balaban J connectivity index is 1.80. The van der Waals surface area contributed by atoms with Gasteiger partial charge in [-0.15, -0.1) is 16.4 Å². The maximum atomic E-state index is 12.2. The van der Waals surface area contributed by atoms with Crippen LogP contribution in [0.2, 0.25) is 0 Å². The monoisotopic (exact) mass is 349 g/mol. The summed E-state index contributed by atoms with van der Waals surface area (Å²) >= 11 is 1.43. The number of hydrogen-bond acceptors (Lipinski definition) is 7. The van der Waals surface area contributed by atoms with Gasteiger partial charge in [-0.05, 0) is 29.6 Å². The van der Waals surface area contributed by atoms with Crippen molar-refractivity contribution in [1.82, 2.24) is 10.2 Å². The molecule has 0 unspecified atom stereocenters. The Labute approximate surface area is 135 Å². The van der Waals surface area contributed by atoms with Gasteiger partial charge in [0.1, 0.15) is 0 Å². The fraction of sp³-hybridized carbons (Fsp3) is 0.0714. The molecule has 118 valence electrons. The van der Waals surface area contributed by atoms with Crippen molar-refractivity contribution in [2.45, 2.75) is 4.90 Å². The molecular formula is C14H11N3O4S2. The number of nitrogens with one attached hydrogen (secondary N) is 1. The Bertz CT molecular complexity index is 946. The summed E-state index contributed by atoms with van der Waals surface area (Å²) in [6, 6.07) is 9.33. The maximum Gasteiger partial charge on any atom is 0.322 e. The number of carbonyl (C=O) groups excluding carboxylic acids is 1. The number of aromatic nitrogens is 2. The smallest absolute Gasteiger partial charge is 0.322 e. The molecule has 23 heavy (non-hydrogen) atoms. The Kier molecular flexibility index (Phi) is 3.97. The lowest BCUT2D eigenvalue weighted by molar-refractivity contribution is 0.102. The number of hydrogen-bond donors (Lipinski definition) is 1. The predicted molar refractivity (Wildman–Crippen MR) is 85.1 cm³/mol. The molecule has 0 fully saturated rings. The molecule has 0 bridgehead atoms. The van der Waals surface area contributed by atoms with Gasteiger partial charge in [-0.2, -0.15) is 0 Å². The molecule has 0 aliphatic heterocycles. The van der Waals surface area contributed by atoms with Gasteiger partial charge in [0.05, 0.1) is 9.77 Å². The fourth-order valence-corrected chi connectivity index (χ4v) is 3.12. The zero-order valence-electron chi connectivity index (χ0n) is 11.9. The largest absolute Gasteiger partial charge is 0.402 e. The predicted octanol–water partition coefficient (Wildman–Crippen LogP) is 2.45. The quantitative estimate of drug-likeness (QED) is 0.776. The number of benzene rings is 1. The highest BCUT2D eigenvalue weighted by Gasteiger charge is 2.15. The summed E-state index contributed by atoms with van der Waals surface area (Å²) in [4.78, 5) is 13.0. The van der Waals surface area contributed by atoms with Crippen LogP contribution in [0.1, 0.15) is 10.4 Å². The lowest BCUT2D eigenvalue weighted by Crippen LogP contribution is -2.13. The summed E-state index contributed by atoms with van der Waals surface area (Å²) < 4.78 is 28.4. The molecule has 1 N–H and O–H groups in total. The second-order valence-corrected chi connectivity index (χ2v) is 7.61. The van der Waals surface area contributed by atoms with E-state index in [2.05, 4.69) is 15.5 Å².